The van der Waals surface area contributed by atoms with Crippen LogP contribution < -0.4 is 20.1 Å². The number of hydrogen-bond acceptors (Lipinski definition) is 10. The SMILES string of the molecule is COc1cc(C(=O)Nc2nnc(SCC(=O)Nc3ccc(Cl)cc3)s2)ccc1OCc1ccc(S(=O)(=O)N(C)C)cc1. The maximum atomic E-state index is 12.8. The van der Waals surface area contributed by atoms with E-state index in [0.717, 1.165) is 21.2 Å². The van der Waals surface area contributed by atoms with E-state index in [1.165, 1.54) is 51.2 Å². The van der Waals surface area contributed by atoms with Gasteiger partial charge in [-0.3, -0.25) is 14.9 Å². The lowest BCUT2D eigenvalue weighted by Gasteiger charge is -2.13. The number of benzene rings is 3. The third-order valence-electron chi connectivity index (χ3n) is 5.60. The van der Waals surface area contributed by atoms with Crippen LogP contribution in [0.25, 0.3) is 0 Å². The summed E-state index contributed by atoms with van der Waals surface area (Å²) in [5.74, 6) is 0.223. The molecule has 11 nitrogen and oxygen atoms in total. The zero-order valence-electron chi connectivity index (χ0n) is 22.7. The van der Waals surface area contributed by atoms with E-state index in [-0.39, 0.29) is 28.3 Å². The van der Waals surface area contributed by atoms with E-state index >= 15 is 0 Å². The van der Waals surface area contributed by atoms with E-state index < -0.39 is 15.9 Å². The van der Waals surface area contributed by atoms with E-state index in [9.17, 15) is 18.0 Å². The van der Waals surface area contributed by atoms with Gasteiger partial charge in [-0.05, 0) is 60.2 Å². The molecule has 0 fully saturated rings. The molecule has 0 aliphatic carbocycles. The zero-order valence-corrected chi connectivity index (χ0v) is 25.9. The van der Waals surface area contributed by atoms with Crippen LogP contribution in [0.3, 0.4) is 0 Å². The Balaban J connectivity index is 1.31. The monoisotopic (exact) mass is 647 g/mol. The second-order valence-corrected chi connectivity index (χ2v) is 13.5. The molecule has 0 radical (unpaired) electrons. The molecular formula is C27H26ClN5O6S3. The molecule has 42 heavy (non-hydrogen) atoms. The number of aromatic nitrogens is 2. The number of anilines is 2. The molecule has 0 bridgehead atoms. The van der Waals surface area contributed by atoms with Crippen LogP contribution >= 0.6 is 34.7 Å². The van der Waals surface area contributed by atoms with Crippen molar-refractivity contribution in [2.75, 3.05) is 37.6 Å². The van der Waals surface area contributed by atoms with Gasteiger partial charge in [-0.25, -0.2) is 12.7 Å². The molecule has 4 aromatic rings. The van der Waals surface area contributed by atoms with Crippen molar-refractivity contribution in [3.63, 3.8) is 0 Å². The fraction of sp³-hybridized carbons (Fsp3) is 0.185. The summed E-state index contributed by atoms with van der Waals surface area (Å²) in [5.41, 5.74) is 1.70. The first-order chi connectivity index (χ1) is 20.0. The topological polar surface area (TPSA) is 140 Å². The first-order valence-corrected chi connectivity index (χ1v) is 15.8. The van der Waals surface area contributed by atoms with Gasteiger partial charge in [0, 0.05) is 30.4 Å². The Morgan fingerprint density at radius 2 is 1.69 bits per heavy atom. The number of nitrogens with zero attached hydrogens (tertiary/aromatic N) is 3. The first-order valence-electron chi connectivity index (χ1n) is 12.2. The maximum absolute atomic E-state index is 12.8. The van der Waals surface area contributed by atoms with Crippen molar-refractivity contribution in [1.82, 2.24) is 14.5 Å². The number of thioether (sulfide) groups is 1. The number of methoxy groups -OCH3 is 1. The molecule has 0 atom stereocenters. The molecule has 0 aliphatic rings. The fourth-order valence-electron chi connectivity index (χ4n) is 3.40. The number of carbonyl (C=O) groups excluding carboxylic acids is 2. The highest BCUT2D eigenvalue weighted by Gasteiger charge is 2.17. The number of nitrogens with one attached hydrogen (secondary N) is 2. The Morgan fingerprint density at radius 3 is 2.36 bits per heavy atom. The van der Waals surface area contributed by atoms with Gasteiger partial charge in [0.05, 0.1) is 17.8 Å². The molecule has 4 rings (SSSR count). The molecule has 0 unspecified atom stereocenters. The van der Waals surface area contributed by atoms with Crippen LogP contribution in [0.15, 0.2) is 76.0 Å². The van der Waals surface area contributed by atoms with E-state index in [4.69, 9.17) is 21.1 Å². The fourth-order valence-corrected chi connectivity index (χ4v) is 5.98. The largest absolute Gasteiger partial charge is 0.493 e. The molecule has 1 aromatic heterocycles. The van der Waals surface area contributed by atoms with Crippen molar-refractivity contribution in [3.8, 4) is 11.5 Å². The van der Waals surface area contributed by atoms with Crippen molar-refractivity contribution in [3.05, 3.63) is 82.9 Å². The standard InChI is InChI=1S/C27H26ClN5O6S3/c1-33(2)42(36,37)21-11-4-17(5-12-21)15-39-22-13-6-18(14-23(22)38-3)25(35)30-26-31-32-27(41-26)40-16-24(34)29-20-9-7-19(28)8-10-20/h4-14H,15-16H2,1-3H3,(H,29,34)(H,30,31,35). The van der Waals surface area contributed by atoms with Gasteiger partial charge in [-0.2, -0.15) is 0 Å². The molecule has 220 valence electrons. The Hall–Kier alpha value is -3.69. The van der Waals surface area contributed by atoms with Gasteiger partial charge in [0.2, 0.25) is 21.1 Å². The predicted octanol–water partition coefficient (Wildman–Crippen LogP) is 5.01. The molecular weight excluding hydrogens is 622 g/mol. The molecule has 1 heterocycles. The van der Waals surface area contributed by atoms with Crippen molar-refractivity contribution >= 4 is 67.4 Å². The van der Waals surface area contributed by atoms with Crippen molar-refractivity contribution < 1.29 is 27.5 Å². The number of hydrogen-bond donors (Lipinski definition) is 2. The smallest absolute Gasteiger partial charge is 0.257 e. The lowest BCUT2D eigenvalue weighted by molar-refractivity contribution is -0.113. The molecule has 2 amide bonds. The van der Waals surface area contributed by atoms with Gasteiger partial charge in [-0.1, -0.05) is 46.8 Å². The van der Waals surface area contributed by atoms with Gasteiger partial charge < -0.3 is 14.8 Å². The van der Waals surface area contributed by atoms with E-state index in [0.29, 0.717) is 32.1 Å². The normalized spacial score (nSPS) is 11.3. The second-order valence-electron chi connectivity index (χ2n) is 8.76. The summed E-state index contributed by atoms with van der Waals surface area (Å²) in [6.45, 7) is 0.160. The third-order valence-corrected chi connectivity index (χ3v) is 9.66. The maximum Gasteiger partial charge on any atom is 0.257 e. The number of rotatable bonds is 12. The summed E-state index contributed by atoms with van der Waals surface area (Å²) in [6.07, 6.45) is 0. The number of ether oxygens (including phenoxy) is 2. The lowest BCUT2D eigenvalue weighted by atomic mass is 10.2. The average molecular weight is 648 g/mol. The summed E-state index contributed by atoms with van der Waals surface area (Å²) in [5, 5.41) is 14.3. The molecule has 15 heteroatoms. The highest BCUT2D eigenvalue weighted by atomic mass is 35.5. The van der Waals surface area contributed by atoms with Crippen LogP contribution in [0.4, 0.5) is 10.8 Å². The Labute approximate surface area is 256 Å². The molecule has 3 aromatic carbocycles. The molecule has 0 saturated heterocycles. The first kappa shape index (κ1) is 31.3. The van der Waals surface area contributed by atoms with Crippen LogP contribution in [-0.2, 0) is 21.4 Å². The van der Waals surface area contributed by atoms with Crippen LogP contribution in [0.5, 0.6) is 11.5 Å². The number of halogens is 1. The van der Waals surface area contributed by atoms with Crippen LogP contribution in [0.2, 0.25) is 5.02 Å². The van der Waals surface area contributed by atoms with Gasteiger partial charge in [0.15, 0.2) is 15.8 Å². The summed E-state index contributed by atoms with van der Waals surface area (Å²) in [4.78, 5) is 25.2. The molecule has 0 spiro atoms. The lowest BCUT2D eigenvalue weighted by Crippen LogP contribution is -2.22. The quantitative estimate of drug-likeness (QED) is 0.160. The van der Waals surface area contributed by atoms with Crippen molar-refractivity contribution in [2.24, 2.45) is 0 Å². The summed E-state index contributed by atoms with van der Waals surface area (Å²) < 4.78 is 37.4. The minimum atomic E-state index is -3.52. The van der Waals surface area contributed by atoms with E-state index in [2.05, 4.69) is 20.8 Å². The third kappa shape index (κ3) is 8.20. The van der Waals surface area contributed by atoms with Crippen LogP contribution in [0.1, 0.15) is 15.9 Å². The second kappa shape index (κ2) is 14.0. The van der Waals surface area contributed by atoms with Gasteiger partial charge >= 0.3 is 0 Å². The Bertz CT molecular complexity index is 1660. The zero-order chi connectivity index (χ0) is 30.3. The van der Waals surface area contributed by atoms with Gasteiger partial charge in [0.1, 0.15) is 6.61 Å². The number of sulfonamides is 1. The minimum absolute atomic E-state index is 0.114. The molecule has 0 saturated carbocycles. The summed E-state index contributed by atoms with van der Waals surface area (Å²) in [7, 11) is 0.888. The van der Waals surface area contributed by atoms with Gasteiger partial charge in [-0.15, -0.1) is 10.2 Å². The van der Waals surface area contributed by atoms with E-state index in [1.807, 2.05) is 0 Å². The predicted molar refractivity (Wildman–Crippen MR) is 163 cm³/mol. The average Bonchev–Trinajstić information content (AvgIpc) is 3.43. The number of carbonyl (C=O) groups is 2. The summed E-state index contributed by atoms with van der Waals surface area (Å²) in [6, 6.07) is 17.9. The van der Waals surface area contributed by atoms with Crippen molar-refractivity contribution in [1.29, 1.82) is 0 Å². The molecule has 2 N–H and O–H groups in total. The van der Waals surface area contributed by atoms with Crippen LogP contribution in [-0.4, -0.2) is 61.7 Å². The van der Waals surface area contributed by atoms with Gasteiger partial charge in [0.25, 0.3) is 5.91 Å². The van der Waals surface area contributed by atoms with Crippen molar-refractivity contribution in [2.45, 2.75) is 15.8 Å². The Morgan fingerprint density at radius 1 is 0.976 bits per heavy atom. The number of amides is 2. The summed E-state index contributed by atoms with van der Waals surface area (Å²) >= 11 is 8.20. The Kier molecular flexibility index (Phi) is 10.4. The minimum Gasteiger partial charge on any atom is -0.493 e. The van der Waals surface area contributed by atoms with E-state index in [1.54, 1.807) is 48.5 Å². The highest BCUT2D eigenvalue weighted by molar-refractivity contribution is 8.01. The van der Waals surface area contributed by atoms with Crippen LogP contribution in [0, 0.1) is 0 Å². The highest BCUT2D eigenvalue weighted by Crippen LogP contribution is 2.30. The molecule has 0 aliphatic heterocycles.